The van der Waals surface area contributed by atoms with Gasteiger partial charge in [0.25, 0.3) is 10.1 Å². The summed E-state index contributed by atoms with van der Waals surface area (Å²) in [5.74, 6) is 2.33. The van der Waals surface area contributed by atoms with Crippen LogP contribution in [0.2, 0.25) is 0 Å². The average molecular weight is 160 g/mol. The van der Waals surface area contributed by atoms with Crippen molar-refractivity contribution in [3.05, 3.63) is 0 Å². The van der Waals surface area contributed by atoms with Crippen molar-refractivity contribution in [3.63, 3.8) is 0 Å². The Morgan fingerprint density at radius 3 is 2.50 bits per heavy atom. The molecule has 1 aliphatic heterocycles. The Labute approximate surface area is 60.5 Å². The van der Waals surface area contributed by atoms with Crippen LogP contribution in [0.5, 0.6) is 0 Å². The van der Waals surface area contributed by atoms with Gasteiger partial charge in [0, 0.05) is 6.42 Å². The third kappa shape index (κ3) is 1.31. The summed E-state index contributed by atoms with van der Waals surface area (Å²) in [6.07, 6.45) is 5.44. The van der Waals surface area contributed by atoms with Crippen LogP contribution in [0.15, 0.2) is 0 Å². The van der Waals surface area contributed by atoms with Gasteiger partial charge in [0.05, 0.1) is 5.75 Å². The Kier molecular flexibility index (Phi) is 1.50. The molecule has 0 aliphatic carbocycles. The molecule has 1 unspecified atom stereocenters. The third-order valence-corrected chi connectivity index (χ3v) is 2.77. The lowest BCUT2D eigenvalue weighted by Crippen LogP contribution is -2.20. The molecule has 0 radical (unpaired) electrons. The van der Waals surface area contributed by atoms with Crippen LogP contribution in [-0.2, 0) is 14.3 Å². The summed E-state index contributed by atoms with van der Waals surface area (Å²) in [5, 5.41) is 0. The highest BCUT2D eigenvalue weighted by Gasteiger charge is 2.37. The van der Waals surface area contributed by atoms with Crippen molar-refractivity contribution in [3.8, 4) is 12.3 Å². The summed E-state index contributed by atoms with van der Waals surface area (Å²) in [7, 11) is -3.31. The second-order valence-electron chi connectivity index (χ2n) is 2.47. The fourth-order valence-electron chi connectivity index (χ4n) is 0.780. The minimum absolute atomic E-state index is 0.0354. The van der Waals surface area contributed by atoms with Crippen molar-refractivity contribution in [1.29, 1.82) is 0 Å². The maximum atomic E-state index is 10.7. The smallest absolute Gasteiger partial charge is 0.251 e. The maximum absolute atomic E-state index is 10.7. The van der Waals surface area contributed by atoms with Crippen LogP contribution in [-0.4, -0.2) is 19.8 Å². The van der Waals surface area contributed by atoms with Crippen molar-refractivity contribution in [2.75, 3.05) is 5.75 Å². The van der Waals surface area contributed by atoms with Crippen LogP contribution in [0.25, 0.3) is 0 Å². The molecule has 3 nitrogen and oxygen atoms in total. The van der Waals surface area contributed by atoms with E-state index >= 15 is 0 Å². The first-order valence-corrected chi connectivity index (χ1v) is 4.46. The number of terminal acetylenes is 1. The van der Waals surface area contributed by atoms with Crippen molar-refractivity contribution in [1.82, 2.24) is 0 Å². The van der Waals surface area contributed by atoms with E-state index in [0.717, 1.165) is 0 Å². The van der Waals surface area contributed by atoms with Gasteiger partial charge in [-0.3, -0.25) is 4.18 Å². The Morgan fingerprint density at radius 2 is 2.30 bits per heavy atom. The molecular weight excluding hydrogens is 152 g/mol. The monoisotopic (exact) mass is 160 g/mol. The molecule has 1 aliphatic rings. The highest BCUT2D eigenvalue weighted by Crippen LogP contribution is 2.25. The summed E-state index contributed by atoms with van der Waals surface area (Å²) in [5.41, 5.74) is -0.890. The molecule has 56 valence electrons. The topological polar surface area (TPSA) is 43.4 Å². The van der Waals surface area contributed by atoms with Gasteiger partial charge in [-0.05, 0) is 6.92 Å². The van der Waals surface area contributed by atoms with Gasteiger partial charge in [0.1, 0.15) is 5.60 Å². The van der Waals surface area contributed by atoms with E-state index < -0.39 is 15.7 Å². The summed E-state index contributed by atoms with van der Waals surface area (Å²) in [6.45, 7) is 1.59. The third-order valence-electron chi connectivity index (χ3n) is 1.45. The zero-order chi connectivity index (χ0) is 7.83. The van der Waals surface area contributed by atoms with Crippen LogP contribution < -0.4 is 0 Å². The van der Waals surface area contributed by atoms with Crippen LogP contribution >= 0.6 is 0 Å². The molecule has 0 amide bonds. The predicted octanol–water partition coefficient (Wildman–Crippen LogP) is 0.128. The van der Waals surface area contributed by atoms with E-state index in [1.807, 2.05) is 0 Å². The maximum Gasteiger partial charge on any atom is 0.268 e. The van der Waals surface area contributed by atoms with E-state index in [9.17, 15) is 8.42 Å². The van der Waals surface area contributed by atoms with Gasteiger partial charge in [0.2, 0.25) is 0 Å². The fraction of sp³-hybridized carbons (Fsp3) is 0.667. The molecule has 0 aromatic heterocycles. The molecule has 1 atom stereocenters. The van der Waals surface area contributed by atoms with Gasteiger partial charge in [0.15, 0.2) is 0 Å². The van der Waals surface area contributed by atoms with E-state index in [1.54, 1.807) is 6.92 Å². The molecule has 4 heteroatoms. The van der Waals surface area contributed by atoms with Crippen LogP contribution in [0.3, 0.4) is 0 Å². The molecule has 1 saturated heterocycles. The van der Waals surface area contributed by atoms with E-state index in [4.69, 9.17) is 6.42 Å². The second kappa shape index (κ2) is 1.97. The number of hydrogen-bond acceptors (Lipinski definition) is 3. The van der Waals surface area contributed by atoms with Crippen molar-refractivity contribution < 1.29 is 12.6 Å². The molecule has 1 fully saturated rings. The Hall–Kier alpha value is -0.530. The summed E-state index contributed by atoms with van der Waals surface area (Å²) in [4.78, 5) is 0. The molecule has 0 aromatic rings. The van der Waals surface area contributed by atoms with Crippen LogP contribution in [0, 0.1) is 12.3 Å². The lowest BCUT2D eigenvalue weighted by atomic mass is 10.1. The van der Waals surface area contributed by atoms with Crippen LogP contribution in [0.1, 0.15) is 13.3 Å². The first kappa shape index (κ1) is 7.58. The molecule has 0 bridgehead atoms. The molecule has 0 N–H and O–H groups in total. The Bertz CT molecular complexity index is 272. The van der Waals surface area contributed by atoms with Gasteiger partial charge in [-0.1, -0.05) is 5.92 Å². The second-order valence-corrected chi connectivity index (χ2v) is 4.16. The highest BCUT2D eigenvalue weighted by atomic mass is 32.2. The summed E-state index contributed by atoms with van der Waals surface area (Å²) >= 11 is 0. The molecule has 1 heterocycles. The zero-order valence-electron chi connectivity index (χ0n) is 5.62. The van der Waals surface area contributed by atoms with Crippen molar-refractivity contribution in [2.45, 2.75) is 18.9 Å². The Balaban J connectivity index is 2.89. The van der Waals surface area contributed by atoms with E-state index in [0.29, 0.717) is 6.42 Å². The van der Waals surface area contributed by atoms with Gasteiger partial charge in [-0.2, -0.15) is 8.42 Å². The quantitative estimate of drug-likeness (QED) is 0.373. The van der Waals surface area contributed by atoms with Gasteiger partial charge in [-0.25, -0.2) is 0 Å². The predicted molar refractivity (Wildman–Crippen MR) is 36.7 cm³/mol. The molecule has 0 aromatic carbocycles. The molecule has 0 spiro atoms. The molecule has 0 saturated carbocycles. The Morgan fingerprint density at radius 1 is 1.70 bits per heavy atom. The standard InChI is InChI=1S/C6H8O3S/c1-3-6(2)4-5-10(7,8)9-6/h1H,4-5H2,2H3. The largest absolute Gasteiger partial charge is 0.268 e. The average Bonchev–Trinajstić information content (AvgIpc) is 2.08. The van der Waals surface area contributed by atoms with Crippen LogP contribution in [0.4, 0.5) is 0 Å². The lowest BCUT2D eigenvalue weighted by molar-refractivity contribution is 0.186. The molecule has 10 heavy (non-hydrogen) atoms. The number of rotatable bonds is 0. The van der Waals surface area contributed by atoms with E-state index in [-0.39, 0.29) is 5.75 Å². The van der Waals surface area contributed by atoms with Gasteiger partial charge < -0.3 is 0 Å². The zero-order valence-corrected chi connectivity index (χ0v) is 6.44. The number of hydrogen-bond donors (Lipinski definition) is 0. The van der Waals surface area contributed by atoms with Gasteiger partial charge >= 0.3 is 0 Å². The SMILES string of the molecule is C#CC1(C)CCS(=O)(=O)O1. The lowest BCUT2D eigenvalue weighted by Gasteiger charge is -2.11. The highest BCUT2D eigenvalue weighted by molar-refractivity contribution is 7.87. The van der Waals surface area contributed by atoms with E-state index in [2.05, 4.69) is 10.1 Å². The van der Waals surface area contributed by atoms with Gasteiger partial charge in [-0.15, -0.1) is 6.42 Å². The summed E-state index contributed by atoms with van der Waals surface area (Å²) < 4.78 is 26.0. The van der Waals surface area contributed by atoms with Crippen molar-refractivity contribution >= 4 is 10.1 Å². The fourth-order valence-corrected chi connectivity index (χ4v) is 2.19. The summed E-state index contributed by atoms with van der Waals surface area (Å²) in [6, 6.07) is 0. The van der Waals surface area contributed by atoms with Crippen molar-refractivity contribution in [2.24, 2.45) is 0 Å². The minimum atomic E-state index is -3.31. The minimum Gasteiger partial charge on any atom is -0.251 e. The first-order valence-electron chi connectivity index (χ1n) is 2.89. The molecular formula is C6H8O3S. The first-order chi connectivity index (χ1) is 4.47. The van der Waals surface area contributed by atoms with E-state index in [1.165, 1.54) is 0 Å². The normalized spacial score (nSPS) is 37.2. The molecule has 1 rings (SSSR count).